The van der Waals surface area contributed by atoms with Crippen LogP contribution in [0, 0.1) is 5.41 Å². The summed E-state index contributed by atoms with van der Waals surface area (Å²) in [6, 6.07) is 0.491. The Labute approximate surface area is 88.0 Å². The molecule has 1 rings (SSSR count). The second-order valence-corrected chi connectivity index (χ2v) is 5.28. The number of amidine groups is 1. The minimum atomic E-state index is 0.471. The summed E-state index contributed by atoms with van der Waals surface area (Å²) in [7, 11) is 0. The lowest BCUT2D eigenvalue weighted by atomic mass is 9.75. The minimum Gasteiger partial charge on any atom is -0.387 e. The zero-order valence-electron chi connectivity index (χ0n) is 9.84. The van der Waals surface area contributed by atoms with Gasteiger partial charge in [0.1, 0.15) is 0 Å². The first-order chi connectivity index (χ1) is 6.53. The molecule has 0 bridgehead atoms. The van der Waals surface area contributed by atoms with Crippen LogP contribution in [0.4, 0.5) is 0 Å². The van der Waals surface area contributed by atoms with E-state index < -0.39 is 0 Å². The number of rotatable bonds is 3. The van der Waals surface area contributed by atoms with E-state index >= 15 is 0 Å². The summed E-state index contributed by atoms with van der Waals surface area (Å²) in [5, 5.41) is 0. The molecule has 1 fully saturated rings. The molecule has 2 heteroatoms. The topological polar surface area (TPSA) is 38.4 Å². The van der Waals surface area contributed by atoms with E-state index in [-0.39, 0.29) is 0 Å². The highest BCUT2D eigenvalue weighted by Gasteiger charge is 2.27. The van der Waals surface area contributed by atoms with Crippen LogP contribution < -0.4 is 5.73 Å². The van der Waals surface area contributed by atoms with Gasteiger partial charge in [0.25, 0.3) is 0 Å². The summed E-state index contributed by atoms with van der Waals surface area (Å²) < 4.78 is 0. The Morgan fingerprint density at radius 1 is 1.50 bits per heavy atom. The maximum absolute atomic E-state index is 5.85. The lowest BCUT2D eigenvalue weighted by molar-refractivity contribution is 0.222. The summed E-state index contributed by atoms with van der Waals surface area (Å²) in [4.78, 5) is 4.62. The summed E-state index contributed by atoms with van der Waals surface area (Å²) in [5.41, 5.74) is 6.32. The van der Waals surface area contributed by atoms with Crippen LogP contribution in [0.2, 0.25) is 0 Å². The van der Waals surface area contributed by atoms with Gasteiger partial charge in [0.15, 0.2) is 0 Å². The Morgan fingerprint density at radius 3 is 2.79 bits per heavy atom. The smallest absolute Gasteiger partial charge is 0.0940 e. The first-order valence-corrected chi connectivity index (χ1v) is 5.85. The molecule has 0 aromatic carbocycles. The SMILES string of the molecule is CCCC(N)=NC1CCCC(C)(C)C1. The third-order valence-electron chi connectivity index (χ3n) is 3.03. The van der Waals surface area contributed by atoms with Gasteiger partial charge in [-0.25, -0.2) is 0 Å². The third kappa shape index (κ3) is 3.69. The van der Waals surface area contributed by atoms with E-state index in [1.54, 1.807) is 0 Å². The van der Waals surface area contributed by atoms with Crippen molar-refractivity contribution in [3.63, 3.8) is 0 Å². The quantitative estimate of drug-likeness (QED) is 0.546. The van der Waals surface area contributed by atoms with Crippen molar-refractivity contribution in [2.24, 2.45) is 16.1 Å². The average Bonchev–Trinajstić information content (AvgIpc) is 2.02. The highest BCUT2D eigenvalue weighted by Crippen LogP contribution is 2.36. The van der Waals surface area contributed by atoms with Crippen LogP contribution >= 0.6 is 0 Å². The highest BCUT2D eigenvalue weighted by molar-refractivity contribution is 5.80. The van der Waals surface area contributed by atoms with Gasteiger partial charge >= 0.3 is 0 Å². The molecule has 0 amide bonds. The lowest BCUT2D eigenvalue weighted by Crippen LogP contribution is -2.27. The molecule has 0 aromatic heterocycles. The fraction of sp³-hybridized carbons (Fsp3) is 0.917. The van der Waals surface area contributed by atoms with E-state index in [1.165, 1.54) is 25.7 Å². The monoisotopic (exact) mass is 196 g/mol. The maximum Gasteiger partial charge on any atom is 0.0940 e. The second kappa shape index (κ2) is 4.81. The molecule has 1 saturated carbocycles. The fourth-order valence-corrected chi connectivity index (χ4v) is 2.32. The third-order valence-corrected chi connectivity index (χ3v) is 3.03. The van der Waals surface area contributed by atoms with Gasteiger partial charge < -0.3 is 5.73 Å². The van der Waals surface area contributed by atoms with Gasteiger partial charge in [-0.2, -0.15) is 0 Å². The first kappa shape index (κ1) is 11.5. The van der Waals surface area contributed by atoms with Crippen LogP contribution in [-0.4, -0.2) is 11.9 Å². The van der Waals surface area contributed by atoms with Gasteiger partial charge in [-0.3, -0.25) is 4.99 Å². The van der Waals surface area contributed by atoms with Gasteiger partial charge in [0.2, 0.25) is 0 Å². The van der Waals surface area contributed by atoms with Gasteiger partial charge in [-0.05, 0) is 31.1 Å². The normalized spacial score (nSPS) is 27.6. The van der Waals surface area contributed by atoms with Crippen molar-refractivity contribution in [3.8, 4) is 0 Å². The predicted octanol–water partition coefficient (Wildman–Crippen LogP) is 3.11. The van der Waals surface area contributed by atoms with Crippen molar-refractivity contribution < 1.29 is 0 Å². The van der Waals surface area contributed by atoms with Crippen LogP contribution in [0.3, 0.4) is 0 Å². The summed E-state index contributed by atoms with van der Waals surface area (Å²) >= 11 is 0. The molecule has 0 spiro atoms. The van der Waals surface area contributed by atoms with E-state index in [9.17, 15) is 0 Å². The van der Waals surface area contributed by atoms with E-state index in [2.05, 4.69) is 25.8 Å². The van der Waals surface area contributed by atoms with Gasteiger partial charge in [0.05, 0.1) is 11.9 Å². The van der Waals surface area contributed by atoms with Crippen molar-refractivity contribution >= 4 is 5.84 Å². The molecule has 2 N–H and O–H groups in total. The maximum atomic E-state index is 5.85. The van der Waals surface area contributed by atoms with Crippen molar-refractivity contribution in [2.75, 3.05) is 0 Å². The molecule has 1 atom stereocenters. The number of nitrogens with zero attached hydrogens (tertiary/aromatic N) is 1. The van der Waals surface area contributed by atoms with Crippen molar-refractivity contribution in [2.45, 2.75) is 65.3 Å². The van der Waals surface area contributed by atoms with Crippen LogP contribution in [0.1, 0.15) is 59.3 Å². The molecule has 14 heavy (non-hydrogen) atoms. The lowest BCUT2D eigenvalue weighted by Gasteiger charge is -2.33. The zero-order chi connectivity index (χ0) is 10.6. The average molecular weight is 196 g/mol. The summed E-state index contributed by atoms with van der Waals surface area (Å²) in [6.07, 6.45) is 7.14. The van der Waals surface area contributed by atoms with Crippen LogP contribution in [0.25, 0.3) is 0 Å². The fourth-order valence-electron chi connectivity index (χ4n) is 2.32. The molecular formula is C12H24N2. The largest absolute Gasteiger partial charge is 0.387 e. The molecule has 0 saturated heterocycles. The van der Waals surface area contributed by atoms with E-state index in [1.807, 2.05) is 0 Å². The zero-order valence-corrected chi connectivity index (χ0v) is 9.84. The van der Waals surface area contributed by atoms with E-state index in [4.69, 9.17) is 5.73 Å². The Kier molecular flexibility index (Phi) is 3.97. The molecule has 0 radical (unpaired) electrons. The molecule has 0 aliphatic heterocycles. The molecule has 1 aliphatic carbocycles. The Morgan fingerprint density at radius 2 is 2.21 bits per heavy atom. The molecular weight excluding hydrogens is 172 g/mol. The standard InChI is InChI=1S/C12H24N2/c1-4-6-11(13)14-10-7-5-8-12(2,3)9-10/h10H,4-9H2,1-3H3,(H2,13,14). The molecule has 0 heterocycles. The van der Waals surface area contributed by atoms with Crippen LogP contribution in [0.5, 0.6) is 0 Å². The van der Waals surface area contributed by atoms with Crippen LogP contribution in [0.15, 0.2) is 4.99 Å². The van der Waals surface area contributed by atoms with E-state index in [0.717, 1.165) is 18.7 Å². The van der Waals surface area contributed by atoms with Crippen molar-refractivity contribution in [1.29, 1.82) is 0 Å². The first-order valence-electron chi connectivity index (χ1n) is 5.85. The van der Waals surface area contributed by atoms with Gasteiger partial charge in [-0.15, -0.1) is 0 Å². The number of hydrogen-bond acceptors (Lipinski definition) is 1. The summed E-state index contributed by atoms with van der Waals surface area (Å²) in [5.74, 6) is 0.857. The minimum absolute atomic E-state index is 0.471. The molecule has 1 aliphatic rings. The number of nitrogens with two attached hydrogens (primary N) is 1. The molecule has 0 aromatic rings. The Balaban J connectivity index is 2.48. The molecule has 1 unspecified atom stereocenters. The van der Waals surface area contributed by atoms with Crippen LogP contribution in [-0.2, 0) is 0 Å². The molecule has 82 valence electrons. The van der Waals surface area contributed by atoms with Gasteiger partial charge in [0, 0.05) is 6.42 Å². The number of hydrogen-bond donors (Lipinski definition) is 1. The summed E-state index contributed by atoms with van der Waals surface area (Å²) in [6.45, 7) is 6.82. The number of aliphatic imine (C=N–C) groups is 1. The Hall–Kier alpha value is -0.530. The predicted molar refractivity (Wildman–Crippen MR) is 62.6 cm³/mol. The van der Waals surface area contributed by atoms with Gasteiger partial charge in [-0.1, -0.05) is 27.2 Å². The van der Waals surface area contributed by atoms with Crippen molar-refractivity contribution in [3.05, 3.63) is 0 Å². The Bertz CT molecular complexity index is 206. The van der Waals surface area contributed by atoms with E-state index in [0.29, 0.717) is 11.5 Å². The second-order valence-electron chi connectivity index (χ2n) is 5.28. The molecule has 2 nitrogen and oxygen atoms in total. The highest BCUT2D eigenvalue weighted by atomic mass is 14.9. The van der Waals surface area contributed by atoms with Crippen molar-refractivity contribution in [1.82, 2.24) is 0 Å².